The molecule has 0 radical (unpaired) electrons. The van der Waals surface area contributed by atoms with Crippen molar-refractivity contribution in [2.45, 2.75) is 6.54 Å². The average molecular weight is 354 g/mol. The zero-order valence-corrected chi connectivity index (χ0v) is 13.2. The second-order valence-corrected chi connectivity index (χ2v) is 5.59. The molecule has 2 heterocycles. The fourth-order valence-electron chi connectivity index (χ4n) is 2.68. The quantitative estimate of drug-likeness (QED) is 0.415. The van der Waals surface area contributed by atoms with Crippen molar-refractivity contribution in [2.75, 3.05) is 0 Å². The minimum Gasteiger partial charge on any atom is -0.408 e. The van der Waals surface area contributed by atoms with Gasteiger partial charge in [0.05, 0.1) is 28.4 Å². The van der Waals surface area contributed by atoms with Crippen molar-refractivity contribution >= 4 is 16.8 Å². The first-order valence-corrected chi connectivity index (χ1v) is 7.59. The summed E-state index contributed by atoms with van der Waals surface area (Å²) in [6, 6.07) is 11.5. The maximum absolute atomic E-state index is 13.3. The van der Waals surface area contributed by atoms with Gasteiger partial charge >= 0.3 is 5.76 Å². The van der Waals surface area contributed by atoms with Gasteiger partial charge in [-0.1, -0.05) is 6.07 Å². The van der Waals surface area contributed by atoms with Crippen molar-refractivity contribution in [1.82, 2.24) is 14.3 Å². The second-order valence-electron chi connectivity index (χ2n) is 5.59. The Morgan fingerprint density at radius 3 is 2.81 bits per heavy atom. The second kappa shape index (κ2) is 5.96. The number of nitro groups is 1. The molecule has 9 heteroatoms. The standard InChI is InChI=1S/C17H11FN4O4/c18-11-2-1-3-13(8-11)21-7-6-12(19-21)10-20-15-9-14(22(24)25)4-5-16(15)26-17(20)23/h1-9H,10H2. The minimum atomic E-state index is -0.638. The van der Waals surface area contributed by atoms with Crippen molar-refractivity contribution in [2.24, 2.45) is 0 Å². The summed E-state index contributed by atoms with van der Waals surface area (Å²) in [5.41, 5.74) is 1.48. The largest absolute Gasteiger partial charge is 0.420 e. The van der Waals surface area contributed by atoms with Gasteiger partial charge in [-0.05, 0) is 30.3 Å². The zero-order valence-electron chi connectivity index (χ0n) is 13.2. The van der Waals surface area contributed by atoms with Gasteiger partial charge in [0, 0.05) is 18.3 Å². The van der Waals surface area contributed by atoms with Crippen molar-refractivity contribution < 1.29 is 13.7 Å². The number of aromatic nitrogens is 3. The molecule has 0 unspecified atom stereocenters. The fourth-order valence-corrected chi connectivity index (χ4v) is 2.68. The number of hydrogen-bond donors (Lipinski definition) is 0. The Bertz CT molecular complexity index is 1190. The van der Waals surface area contributed by atoms with Gasteiger partial charge in [-0.2, -0.15) is 5.10 Å². The molecule has 0 saturated heterocycles. The van der Waals surface area contributed by atoms with Gasteiger partial charge in [-0.25, -0.2) is 13.9 Å². The third-order valence-electron chi connectivity index (χ3n) is 3.90. The van der Waals surface area contributed by atoms with E-state index in [1.807, 2.05) is 0 Å². The smallest absolute Gasteiger partial charge is 0.408 e. The van der Waals surface area contributed by atoms with E-state index in [0.29, 0.717) is 16.9 Å². The third-order valence-corrected chi connectivity index (χ3v) is 3.90. The molecule has 0 aliphatic heterocycles. The van der Waals surface area contributed by atoms with Crippen molar-refractivity contribution in [3.63, 3.8) is 0 Å². The maximum atomic E-state index is 13.3. The van der Waals surface area contributed by atoms with Gasteiger partial charge in [-0.3, -0.25) is 14.7 Å². The SMILES string of the molecule is O=c1oc2ccc([N+](=O)[O-])cc2n1Cc1ccn(-c2cccc(F)c2)n1. The van der Waals surface area contributed by atoms with Crippen LogP contribution in [0.5, 0.6) is 0 Å². The highest BCUT2D eigenvalue weighted by Crippen LogP contribution is 2.21. The van der Waals surface area contributed by atoms with Crippen LogP contribution >= 0.6 is 0 Å². The lowest BCUT2D eigenvalue weighted by molar-refractivity contribution is -0.384. The van der Waals surface area contributed by atoms with Gasteiger partial charge in [0.15, 0.2) is 5.58 Å². The normalized spacial score (nSPS) is 11.1. The van der Waals surface area contributed by atoms with E-state index >= 15 is 0 Å². The molecule has 0 bridgehead atoms. The predicted molar refractivity (Wildman–Crippen MR) is 89.8 cm³/mol. The molecule has 2 aromatic carbocycles. The summed E-state index contributed by atoms with van der Waals surface area (Å²) in [6.07, 6.45) is 1.64. The molecule has 0 amide bonds. The molecule has 0 spiro atoms. The number of nitro benzene ring substituents is 1. The number of rotatable bonds is 4. The zero-order chi connectivity index (χ0) is 18.3. The van der Waals surface area contributed by atoms with E-state index in [-0.39, 0.29) is 23.6 Å². The van der Waals surface area contributed by atoms with Crippen LogP contribution in [0.1, 0.15) is 5.69 Å². The van der Waals surface area contributed by atoms with Crippen molar-refractivity contribution in [1.29, 1.82) is 0 Å². The average Bonchev–Trinajstić information content (AvgIpc) is 3.20. The van der Waals surface area contributed by atoms with E-state index in [1.165, 1.54) is 39.6 Å². The molecule has 0 fully saturated rings. The lowest BCUT2D eigenvalue weighted by atomic mass is 10.3. The molecule has 0 N–H and O–H groups in total. The molecular weight excluding hydrogens is 343 g/mol. The van der Waals surface area contributed by atoms with Crippen LogP contribution in [-0.2, 0) is 6.54 Å². The Kier molecular flexibility index (Phi) is 3.61. The molecule has 0 atom stereocenters. The monoisotopic (exact) mass is 354 g/mol. The van der Waals surface area contributed by atoms with E-state index in [4.69, 9.17) is 4.42 Å². The van der Waals surface area contributed by atoms with Gasteiger partial charge in [-0.15, -0.1) is 0 Å². The molecule has 26 heavy (non-hydrogen) atoms. The van der Waals surface area contributed by atoms with Crippen molar-refractivity contribution in [3.05, 3.63) is 86.9 Å². The molecule has 0 saturated carbocycles. The molecule has 4 rings (SSSR count). The minimum absolute atomic E-state index is 0.0648. The summed E-state index contributed by atoms with van der Waals surface area (Å²) in [4.78, 5) is 22.5. The molecule has 0 aliphatic carbocycles. The lowest BCUT2D eigenvalue weighted by Gasteiger charge is -2.02. The fraction of sp³-hybridized carbons (Fsp3) is 0.0588. The predicted octanol–water partition coefficient (Wildman–Crippen LogP) is 2.88. The molecule has 2 aromatic heterocycles. The Labute approximate surface area is 144 Å². The Balaban J connectivity index is 1.72. The highest BCUT2D eigenvalue weighted by atomic mass is 19.1. The Morgan fingerprint density at radius 1 is 1.19 bits per heavy atom. The highest BCUT2D eigenvalue weighted by Gasteiger charge is 2.15. The van der Waals surface area contributed by atoms with Gasteiger partial charge < -0.3 is 4.42 Å². The summed E-state index contributed by atoms with van der Waals surface area (Å²) in [5.74, 6) is -1.02. The first-order valence-electron chi connectivity index (χ1n) is 7.59. The lowest BCUT2D eigenvalue weighted by Crippen LogP contribution is -2.15. The van der Waals surface area contributed by atoms with Crippen LogP contribution in [0.15, 0.2) is 63.9 Å². The van der Waals surface area contributed by atoms with E-state index < -0.39 is 10.7 Å². The van der Waals surface area contributed by atoms with Gasteiger partial charge in [0.2, 0.25) is 0 Å². The topological polar surface area (TPSA) is 96.1 Å². The molecule has 8 nitrogen and oxygen atoms in total. The van der Waals surface area contributed by atoms with E-state index in [9.17, 15) is 19.3 Å². The number of halogens is 1. The van der Waals surface area contributed by atoms with Crippen LogP contribution in [-0.4, -0.2) is 19.3 Å². The Hall–Kier alpha value is -3.75. The number of nitrogens with zero attached hydrogens (tertiary/aromatic N) is 4. The number of fused-ring (bicyclic) bond motifs is 1. The number of non-ortho nitro benzene ring substituents is 1. The van der Waals surface area contributed by atoms with Gasteiger partial charge in [0.25, 0.3) is 5.69 Å². The van der Waals surface area contributed by atoms with Gasteiger partial charge in [0.1, 0.15) is 5.82 Å². The molecule has 4 aromatic rings. The number of benzene rings is 2. The van der Waals surface area contributed by atoms with E-state index in [1.54, 1.807) is 24.4 Å². The maximum Gasteiger partial charge on any atom is 0.420 e. The molecule has 0 aliphatic rings. The summed E-state index contributed by atoms with van der Waals surface area (Å²) >= 11 is 0. The molecule has 130 valence electrons. The summed E-state index contributed by atoms with van der Waals surface area (Å²) < 4.78 is 21.2. The van der Waals surface area contributed by atoms with Crippen LogP contribution in [0.25, 0.3) is 16.8 Å². The van der Waals surface area contributed by atoms with Crippen molar-refractivity contribution in [3.8, 4) is 5.69 Å². The van der Waals surface area contributed by atoms with E-state index in [0.717, 1.165) is 0 Å². The molecular formula is C17H11FN4O4. The number of hydrogen-bond acceptors (Lipinski definition) is 5. The van der Waals surface area contributed by atoms with Crippen LogP contribution in [0.2, 0.25) is 0 Å². The summed E-state index contributed by atoms with van der Waals surface area (Å²) in [6.45, 7) is 0.0648. The third kappa shape index (κ3) is 2.75. The first kappa shape index (κ1) is 15.8. The van der Waals surface area contributed by atoms with Crippen LogP contribution in [0.3, 0.4) is 0 Å². The summed E-state index contributed by atoms with van der Waals surface area (Å²) in [7, 11) is 0. The highest BCUT2D eigenvalue weighted by molar-refractivity contribution is 5.76. The van der Waals surface area contributed by atoms with Crippen LogP contribution in [0.4, 0.5) is 10.1 Å². The van der Waals surface area contributed by atoms with Crippen LogP contribution in [0, 0.1) is 15.9 Å². The van der Waals surface area contributed by atoms with E-state index in [2.05, 4.69) is 5.10 Å². The van der Waals surface area contributed by atoms with Crippen LogP contribution < -0.4 is 5.76 Å². The Morgan fingerprint density at radius 2 is 2.04 bits per heavy atom. The summed E-state index contributed by atoms with van der Waals surface area (Å²) in [5, 5.41) is 15.3. The first-order chi connectivity index (χ1) is 12.5. The number of oxazole rings is 1.